The summed E-state index contributed by atoms with van der Waals surface area (Å²) in [5, 5.41) is 12.8. The Hall–Kier alpha value is -3.52. The molecule has 0 aliphatic heterocycles. The van der Waals surface area contributed by atoms with Crippen molar-refractivity contribution in [3.63, 3.8) is 0 Å². The summed E-state index contributed by atoms with van der Waals surface area (Å²) >= 11 is 5.92. The lowest BCUT2D eigenvalue weighted by molar-refractivity contribution is 0.0704. The van der Waals surface area contributed by atoms with Crippen LogP contribution in [0.3, 0.4) is 0 Å². The lowest BCUT2D eigenvalue weighted by Gasteiger charge is -2.18. The van der Waals surface area contributed by atoms with Crippen molar-refractivity contribution in [2.75, 3.05) is 0 Å². The zero-order valence-electron chi connectivity index (χ0n) is 15.7. The molecule has 0 radical (unpaired) electrons. The molecule has 1 aliphatic carbocycles. The van der Waals surface area contributed by atoms with Crippen molar-refractivity contribution >= 4 is 17.5 Å². The third-order valence-corrected chi connectivity index (χ3v) is 5.04. The molecule has 0 bridgehead atoms. The number of rotatable bonds is 6. The summed E-state index contributed by atoms with van der Waals surface area (Å²) in [6.45, 7) is 0.208. The number of benzene rings is 1. The topological polar surface area (TPSA) is 98.2 Å². The van der Waals surface area contributed by atoms with E-state index in [1.807, 2.05) is 6.07 Å². The first kappa shape index (κ1) is 18.5. The minimum atomic E-state index is -0.234. The second-order valence-corrected chi connectivity index (χ2v) is 7.43. The monoisotopic (exact) mass is 421 g/mol. The van der Waals surface area contributed by atoms with Gasteiger partial charge in [-0.3, -0.25) is 9.78 Å². The number of pyridine rings is 1. The van der Waals surface area contributed by atoms with Crippen LogP contribution in [0, 0.1) is 0 Å². The van der Waals surface area contributed by atoms with E-state index in [1.165, 1.54) is 0 Å². The van der Waals surface area contributed by atoms with Crippen LogP contribution in [0.15, 0.2) is 63.8 Å². The minimum absolute atomic E-state index is 0.127. The maximum absolute atomic E-state index is 13.1. The molecule has 0 spiro atoms. The van der Waals surface area contributed by atoms with E-state index in [9.17, 15) is 4.79 Å². The number of aromatic nitrogens is 4. The molecule has 1 fully saturated rings. The number of hydrogen-bond donors (Lipinski definition) is 0. The van der Waals surface area contributed by atoms with Gasteiger partial charge in [-0.25, -0.2) is 0 Å². The Morgan fingerprint density at radius 3 is 2.70 bits per heavy atom. The Labute approximate surface area is 176 Å². The zero-order valence-corrected chi connectivity index (χ0v) is 16.5. The molecule has 0 atom stereocenters. The van der Waals surface area contributed by atoms with E-state index < -0.39 is 0 Å². The molecule has 30 heavy (non-hydrogen) atoms. The van der Waals surface area contributed by atoms with Gasteiger partial charge in [-0.2, -0.15) is 0 Å². The molecule has 1 amide bonds. The highest BCUT2D eigenvalue weighted by atomic mass is 35.5. The first-order valence-electron chi connectivity index (χ1n) is 9.44. The third kappa shape index (κ3) is 3.81. The van der Waals surface area contributed by atoms with Gasteiger partial charge in [-0.15, -0.1) is 10.2 Å². The lowest BCUT2D eigenvalue weighted by atomic mass is 10.2. The lowest BCUT2D eigenvalue weighted by Crippen LogP contribution is -2.33. The van der Waals surface area contributed by atoms with E-state index in [-0.39, 0.29) is 24.2 Å². The molecule has 0 unspecified atom stereocenters. The van der Waals surface area contributed by atoms with Gasteiger partial charge in [0.05, 0.1) is 6.54 Å². The molecule has 3 heterocycles. The number of carbonyl (C=O) groups is 1. The Balaban J connectivity index is 1.35. The summed E-state index contributed by atoms with van der Waals surface area (Å²) < 4.78 is 11.1. The predicted molar refractivity (Wildman–Crippen MR) is 107 cm³/mol. The largest absolute Gasteiger partial charge is 0.419 e. The highest BCUT2D eigenvalue weighted by Gasteiger charge is 2.35. The van der Waals surface area contributed by atoms with Crippen molar-refractivity contribution in [3.8, 4) is 22.8 Å². The molecule has 8 nitrogen and oxygen atoms in total. The van der Waals surface area contributed by atoms with Crippen molar-refractivity contribution in [3.05, 3.63) is 71.5 Å². The number of carbonyl (C=O) groups excluding carboxylic acids is 1. The fourth-order valence-corrected chi connectivity index (χ4v) is 3.22. The Morgan fingerprint density at radius 1 is 1.13 bits per heavy atom. The van der Waals surface area contributed by atoms with Crippen LogP contribution in [-0.4, -0.2) is 37.2 Å². The Bertz CT molecular complexity index is 1170. The number of amides is 1. The van der Waals surface area contributed by atoms with Crippen LogP contribution in [0.1, 0.15) is 29.2 Å². The molecule has 0 saturated heterocycles. The van der Waals surface area contributed by atoms with Crippen molar-refractivity contribution in [1.82, 2.24) is 25.2 Å². The highest BCUT2D eigenvalue weighted by molar-refractivity contribution is 6.30. The molecule has 3 aromatic heterocycles. The quantitative estimate of drug-likeness (QED) is 0.459. The Morgan fingerprint density at radius 2 is 1.97 bits per heavy atom. The van der Waals surface area contributed by atoms with Gasteiger partial charge in [0.25, 0.3) is 5.91 Å². The molecule has 0 N–H and O–H groups in total. The maximum Gasteiger partial charge on any atom is 0.276 e. The number of nitrogens with zero attached hydrogens (tertiary/aromatic N) is 5. The van der Waals surface area contributed by atoms with E-state index >= 15 is 0 Å². The van der Waals surface area contributed by atoms with Crippen LogP contribution in [0.4, 0.5) is 0 Å². The second-order valence-electron chi connectivity index (χ2n) is 6.99. The summed E-state index contributed by atoms with van der Waals surface area (Å²) in [5.74, 6) is 0.994. The van der Waals surface area contributed by atoms with Gasteiger partial charge < -0.3 is 13.8 Å². The zero-order chi connectivity index (χ0) is 20.5. The van der Waals surface area contributed by atoms with E-state index in [4.69, 9.17) is 20.5 Å². The van der Waals surface area contributed by atoms with Gasteiger partial charge in [-0.05, 0) is 49.2 Å². The smallest absolute Gasteiger partial charge is 0.276 e. The van der Waals surface area contributed by atoms with Crippen LogP contribution >= 0.6 is 11.6 Å². The van der Waals surface area contributed by atoms with E-state index in [2.05, 4.69) is 20.3 Å². The minimum Gasteiger partial charge on any atom is -0.419 e. The fraction of sp³-hybridized carbons (Fsp3) is 0.190. The van der Waals surface area contributed by atoms with Gasteiger partial charge in [0.2, 0.25) is 11.8 Å². The highest BCUT2D eigenvalue weighted by Crippen LogP contribution is 2.31. The van der Waals surface area contributed by atoms with Crippen LogP contribution in [0.5, 0.6) is 0 Å². The molecule has 150 valence electrons. The van der Waals surface area contributed by atoms with Gasteiger partial charge in [-0.1, -0.05) is 16.8 Å². The number of hydrogen-bond acceptors (Lipinski definition) is 7. The molecular formula is C21H16ClN5O3. The fourth-order valence-electron chi connectivity index (χ4n) is 3.09. The van der Waals surface area contributed by atoms with E-state index in [1.54, 1.807) is 53.7 Å². The third-order valence-electron chi connectivity index (χ3n) is 4.79. The number of halogens is 1. The molecule has 1 aromatic carbocycles. The first-order chi connectivity index (χ1) is 14.7. The second kappa shape index (κ2) is 7.72. The predicted octanol–water partition coefficient (Wildman–Crippen LogP) is 4.24. The standard InChI is InChI=1S/C21H16ClN5O3/c22-15-5-3-13(4-6-15)20-25-24-19(29-20)12-27(16-7-8-16)21(28)17-10-18(30-26-17)14-2-1-9-23-11-14/h1-6,9-11,16H,7-8,12H2. The van der Waals surface area contributed by atoms with Crippen LogP contribution in [-0.2, 0) is 6.54 Å². The summed E-state index contributed by atoms with van der Waals surface area (Å²) in [4.78, 5) is 18.8. The SMILES string of the molecule is O=C(c1cc(-c2cccnc2)on1)N(Cc1nnc(-c2ccc(Cl)cc2)o1)C1CC1. The molecule has 5 rings (SSSR count). The van der Waals surface area contributed by atoms with Crippen molar-refractivity contribution in [2.45, 2.75) is 25.4 Å². The molecule has 9 heteroatoms. The van der Waals surface area contributed by atoms with Crippen LogP contribution < -0.4 is 0 Å². The van der Waals surface area contributed by atoms with Gasteiger partial charge in [0.1, 0.15) is 0 Å². The van der Waals surface area contributed by atoms with E-state index in [0.717, 1.165) is 24.0 Å². The van der Waals surface area contributed by atoms with Crippen molar-refractivity contribution in [1.29, 1.82) is 0 Å². The summed E-state index contributed by atoms with van der Waals surface area (Å²) in [7, 11) is 0. The molecule has 4 aromatic rings. The summed E-state index contributed by atoms with van der Waals surface area (Å²) in [6.07, 6.45) is 5.18. The Kier molecular flexibility index (Phi) is 4.76. The van der Waals surface area contributed by atoms with Crippen LogP contribution in [0.25, 0.3) is 22.8 Å². The van der Waals surface area contributed by atoms with Gasteiger partial charge >= 0.3 is 0 Å². The molecule has 1 aliphatic rings. The average Bonchev–Trinajstić information content (AvgIpc) is 3.30. The first-order valence-corrected chi connectivity index (χ1v) is 9.81. The van der Waals surface area contributed by atoms with Crippen molar-refractivity contribution in [2.24, 2.45) is 0 Å². The van der Waals surface area contributed by atoms with Gasteiger partial charge in [0.15, 0.2) is 11.5 Å². The van der Waals surface area contributed by atoms with E-state index in [0.29, 0.717) is 22.6 Å². The van der Waals surface area contributed by atoms with Crippen LogP contribution in [0.2, 0.25) is 5.02 Å². The average molecular weight is 422 g/mol. The van der Waals surface area contributed by atoms with Crippen molar-refractivity contribution < 1.29 is 13.7 Å². The van der Waals surface area contributed by atoms with Gasteiger partial charge in [0, 0.05) is 40.7 Å². The normalized spacial score (nSPS) is 13.4. The summed E-state index contributed by atoms with van der Waals surface area (Å²) in [6, 6.07) is 12.5. The molecule has 1 saturated carbocycles. The molecular weight excluding hydrogens is 406 g/mol. The maximum atomic E-state index is 13.1. The summed E-state index contributed by atoms with van der Waals surface area (Å²) in [5.41, 5.74) is 1.75.